The first-order valence-electron chi connectivity index (χ1n) is 7.28. The number of unbranched alkanes of at least 4 members (excludes halogenated alkanes) is 1. The van der Waals surface area contributed by atoms with Crippen molar-refractivity contribution in [1.82, 2.24) is 5.32 Å². The summed E-state index contributed by atoms with van der Waals surface area (Å²) in [5.41, 5.74) is -0.0453. The van der Waals surface area contributed by atoms with E-state index in [0.717, 1.165) is 32.3 Å². The minimum absolute atomic E-state index is 0.0453. The Bertz CT molecular complexity index is 230. The first-order chi connectivity index (χ1) is 8.28. The molecule has 0 aliphatic heterocycles. The summed E-state index contributed by atoms with van der Waals surface area (Å²) in [6.45, 7) is 3.33. The highest BCUT2D eigenvalue weighted by Crippen LogP contribution is 2.33. The predicted octanol–water partition coefficient (Wildman–Crippen LogP) is 2.23. The van der Waals surface area contributed by atoms with Crippen molar-refractivity contribution < 1.29 is 9.84 Å². The maximum Gasteiger partial charge on any atom is 0.0614 e. The van der Waals surface area contributed by atoms with E-state index in [4.69, 9.17) is 4.74 Å². The smallest absolute Gasteiger partial charge is 0.0614 e. The van der Waals surface area contributed by atoms with Gasteiger partial charge < -0.3 is 15.2 Å². The Morgan fingerprint density at radius 3 is 2.82 bits per heavy atom. The molecule has 0 heterocycles. The molecule has 0 spiro atoms. The standard InChI is InChI=1S/C14H27NO2/c1-2-3-9-17-13-5-4-8-14(10-13,11-16)15-12-6-7-12/h12-13,15-16H,2-11H2,1H3. The summed E-state index contributed by atoms with van der Waals surface area (Å²) < 4.78 is 5.93. The molecule has 2 aliphatic carbocycles. The van der Waals surface area contributed by atoms with Gasteiger partial charge in [0, 0.05) is 18.2 Å². The van der Waals surface area contributed by atoms with E-state index in [9.17, 15) is 5.11 Å². The summed E-state index contributed by atoms with van der Waals surface area (Å²) in [7, 11) is 0. The van der Waals surface area contributed by atoms with Crippen LogP contribution in [0.15, 0.2) is 0 Å². The summed E-state index contributed by atoms with van der Waals surface area (Å²) in [6.07, 6.45) is 9.70. The van der Waals surface area contributed by atoms with Gasteiger partial charge in [-0.3, -0.25) is 0 Å². The molecule has 100 valence electrons. The van der Waals surface area contributed by atoms with Crippen LogP contribution in [0.5, 0.6) is 0 Å². The number of rotatable bonds is 7. The van der Waals surface area contributed by atoms with E-state index in [1.807, 2.05) is 0 Å². The third-order valence-corrected chi connectivity index (χ3v) is 4.04. The predicted molar refractivity (Wildman–Crippen MR) is 69.1 cm³/mol. The number of hydrogen-bond donors (Lipinski definition) is 2. The number of aliphatic hydroxyl groups excluding tert-OH is 1. The second-order valence-electron chi connectivity index (χ2n) is 5.80. The van der Waals surface area contributed by atoms with Crippen molar-refractivity contribution in [2.45, 2.75) is 76.0 Å². The van der Waals surface area contributed by atoms with Gasteiger partial charge in [0.25, 0.3) is 0 Å². The maximum absolute atomic E-state index is 9.69. The zero-order valence-electron chi connectivity index (χ0n) is 11.1. The number of nitrogens with one attached hydrogen (secondary N) is 1. The van der Waals surface area contributed by atoms with Crippen molar-refractivity contribution in [3.8, 4) is 0 Å². The van der Waals surface area contributed by atoms with Crippen LogP contribution in [0.3, 0.4) is 0 Å². The van der Waals surface area contributed by atoms with Crippen LogP contribution in [0.25, 0.3) is 0 Å². The fourth-order valence-corrected chi connectivity index (χ4v) is 2.83. The zero-order valence-corrected chi connectivity index (χ0v) is 11.1. The Labute approximate surface area is 105 Å². The number of hydrogen-bond acceptors (Lipinski definition) is 3. The van der Waals surface area contributed by atoms with Crippen molar-refractivity contribution in [2.75, 3.05) is 13.2 Å². The average Bonchev–Trinajstić information content (AvgIpc) is 3.14. The summed E-state index contributed by atoms with van der Waals surface area (Å²) in [5.74, 6) is 0. The Balaban J connectivity index is 1.80. The summed E-state index contributed by atoms with van der Waals surface area (Å²) >= 11 is 0. The van der Waals surface area contributed by atoms with E-state index >= 15 is 0 Å². The largest absolute Gasteiger partial charge is 0.394 e. The third kappa shape index (κ3) is 3.94. The van der Waals surface area contributed by atoms with Crippen LogP contribution in [0.2, 0.25) is 0 Å². The van der Waals surface area contributed by atoms with Crippen molar-refractivity contribution in [1.29, 1.82) is 0 Å². The zero-order chi connectivity index (χ0) is 12.1. The minimum atomic E-state index is -0.0453. The van der Waals surface area contributed by atoms with Gasteiger partial charge in [-0.15, -0.1) is 0 Å². The van der Waals surface area contributed by atoms with E-state index in [1.54, 1.807) is 0 Å². The summed E-state index contributed by atoms with van der Waals surface area (Å²) in [6, 6.07) is 0.663. The lowest BCUT2D eigenvalue weighted by molar-refractivity contribution is -0.0172. The number of ether oxygens (including phenoxy) is 1. The van der Waals surface area contributed by atoms with Crippen LogP contribution < -0.4 is 5.32 Å². The van der Waals surface area contributed by atoms with Crippen LogP contribution in [0.1, 0.15) is 58.3 Å². The molecule has 17 heavy (non-hydrogen) atoms. The highest BCUT2D eigenvalue weighted by molar-refractivity contribution is 4.99. The third-order valence-electron chi connectivity index (χ3n) is 4.04. The van der Waals surface area contributed by atoms with E-state index in [1.165, 1.54) is 25.7 Å². The molecule has 2 atom stereocenters. The van der Waals surface area contributed by atoms with Crippen molar-refractivity contribution in [2.24, 2.45) is 0 Å². The molecule has 3 heteroatoms. The van der Waals surface area contributed by atoms with Crippen LogP contribution in [-0.2, 0) is 4.74 Å². The van der Waals surface area contributed by atoms with Gasteiger partial charge in [0.15, 0.2) is 0 Å². The van der Waals surface area contributed by atoms with Crippen molar-refractivity contribution >= 4 is 0 Å². The van der Waals surface area contributed by atoms with Gasteiger partial charge in [0.05, 0.1) is 12.7 Å². The van der Waals surface area contributed by atoms with Crippen LogP contribution in [0.4, 0.5) is 0 Å². The minimum Gasteiger partial charge on any atom is -0.394 e. The van der Waals surface area contributed by atoms with E-state index in [0.29, 0.717) is 12.1 Å². The molecule has 0 bridgehead atoms. The molecule has 2 rings (SSSR count). The second kappa shape index (κ2) is 6.17. The van der Waals surface area contributed by atoms with Crippen molar-refractivity contribution in [3.05, 3.63) is 0 Å². The van der Waals surface area contributed by atoms with E-state index in [-0.39, 0.29) is 12.1 Å². The van der Waals surface area contributed by atoms with Gasteiger partial charge in [-0.25, -0.2) is 0 Å². The Hall–Kier alpha value is -0.120. The molecule has 0 aromatic heterocycles. The molecule has 0 saturated heterocycles. The SMILES string of the molecule is CCCCOC1CCCC(CO)(NC2CC2)C1. The molecule has 2 N–H and O–H groups in total. The molecule has 2 aliphatic rings. The molecular weight excluding hydrogens is 214 g/mol. The van der Waals surface area contributed by atoms with Crippen LogP contribution in [0, 0.1) is 0 Å². The van der Waals surface area contributed by atoms with Gasteiger partial charge in [-0.1, -0.05) is 13.3 Å². The average molecular weight is 241 g/mol. The highest BCUT2D eigenvalue weighted by atomic mass is 16.5. The topological polar surface area (TPSA) is 41.5 Å². The Morgan fingerprint density at radius 2 is 2.18 bits per heavy atom. The normalized spacial score (nSPS) is 33.9. The quantitative estimate of drug-likeness (QED) is 0.672. The Morgan fingerprint density at radius 1 is 1.35 bits per heavy atom. The van der Waals surface area contributed by atoms with E-state index in [2.05, 4.69) is 12.2 Å². The van der Waals surface area contributed by atoms with Gasteiger partial charge >= 0.3 is 0 Å². The molecule has 0 radical (unpaired) electrons. The molecule has 3 nitrogen and oxygen atoms in total. The van der Waals surface area contributed by atoms with Gasteiger partial charge in [0.2, 0.25) is 0 Å². The van der Waals surface area contributed by atoms with Gasteiger partial charge in [0.1, 0.15) is 0 Å². The van der Waals surface area contributed by atoms with E-state index < -0.39 is 0 Å². The van der Waals surface area contributed by atoms with Crippen LogP contribution >= 0.6 is 0 Å². The first-order valence-corrected chi connectivity index (χ1v) is 7.28. The molecule has 2 fully saturated rings. The Kier molecular flexibility index (Phi) is 4.83. The van der Waals surface area contributed by atoms with Crippen LogP contribution in [-0.4, -0.2) is 36.0 Å². The van der Waals surface area contributed by atoms with Crippen molar-refractivity contribution in [3.63, 3.8) is 0 Å². The first kappa shape index (κ1) is 13.3. The summed E-state index contributed by atoms with van der Waals surface area (Å²) in [4.78, 5) is 0. The molecule has 0 aromatic rings. The summed E-state index contributed by atoms with van der Waals surface area (Å²) in [5, 5.41) is 13.3. The van der Waals surface area contributed by atoms with Gasteiger partial charge in [-0.2, -0.15) is 0 Å². The molecule has 2 saturated carbocycles. The molecule has 2 unspecified atom stereocenters. The lowest BCUT2D eigenvalue weighted by Crippen LogP contribution is -2.54. The lowest BCUT2D eigenvalue weighted by atomic mass is 9.80. The maximum atomic E-state index is 9.69. The highest BCUT2D eigenvalue weighted by Gasteiger charge is 2.39. The number of aliphatic hydroxyl groups is 1. The fourth-order valence-electron chi connectivity index (χ4n) is 2.83. The second-order valence-corrected chi connectivity index (χ2v) is 5.80. The fraction of sp³-hybridized carbons (Fsp3) is 1.00. The van der Waals surface area contributed by atoms with Gasteiger partial charge in [-0.05, 0) is 44.9 Å². The molecule has 0 aromatic carbocycles. The molecule has 0 amide bonds. The molecular formula is C14H27NO2. The monoisotopic (exact) mass is 241 g/mol. The lowest BCUT2D eigenvalue weighted by Gasteiger charge is -2.40.